The number of carbonyl (C=O) groups is 2. The summed E-state index contributed by atoms with van der Waals surface area (Å²) in [6.45, 7) is 3.67. The molecular formula is C14H17NO4. The van der Waals surface area contributed by atoms with Gasteiger partial charge in [0.1, 0.15) is 0 Å². The van der Waals surface area contributed by atoms with Crippen LogP contribution in [-0.4, -0.2) is 36.5 Å². The van der Waals surface area contributed by atoms with Crippen LogP contribution in [0.4, 0.5) is 0 Å². The number of hydrogen-bond acceptors (Lipinski definition) is 4. The highest BCUT2D eigenvalue weighted by Gasteiger charge is 2.24. The van der Waals surface area contributed by atoms with Crippen LogP contribution in [0.5, 0.6) is 11.5 Å². The zero-order chi connectivity index (χ0) is 14.0. The summed E-state index contributed by atoms with van der Waals surface area (Å²) >= 11 is 0. The lowest BCUT2D eigenvalue weighted by Crippen LogP contribution is -2.40. The molecule has 5 nitrogen and oxygen atoms in total. The first kappa shape index (κ1) is 13.4. The first-order valence-electron chi connectivity index (χ1n) is 6.24. The minimum absolute atomic E-state index is 0.0541. The number of fused-ring (bicyclic) bond motifs is 1. The van der Waals surface area contributed by atoms with Gasteiger partial charge in [-0.15, -0.1) is 0 Å². The van der Waals surface area contributed by atoms with Crippen molar-refractivity contribution < 1.29 is 19.1 Å². The summed E-state index contributed by atoms with van der Waals surface area (Å²) in [4.78, 5) is 25.4. The van der Waals surface area contributed by atoms with Crippen LogP contribution in [0.15, 0.2) is 18.2 Å². The lowest BCUT2D eigenvalue weighted by molar-refractivity contribution is -0.130. The number of rotatable bonds is 4. The normalized spacial score (nSPS) is 14.1. The number of benzene rings is 1. The molecule has 1 atom stereocenters. The molecule has 0 N–H and O–H groups in total. The van der Waals surface area contributed by atoms with Crippen molar-refractivity contribution in [3.63, 3.8) is 0 Å². The van der Waals surface area contributed by atoms with Crippen LogP contribution in [0.3, 0.4) is 0 Å². The average molecular weight is 263 g/mol. The molecule has 1 heterocycles. The molecule has 0 fully saturated rings. The summed E-state index contributed by atoms with van der Waals surface area (Å²) in [5, 5.41) is 0. The first-order chi connectivity index (χ1) is 9.04. The first-order valence-corrected chi connectivity index (χ1v) is 6.24. The van der Waals surface area contributed by atoms with Gasteiger partial charge in [-0.25, -0.2) is 0 Å². The van der Waals surface area contributed by atoms with Crippen molar-refractivity contribution in [2.75, 3.05) is 13.8 Å². The monoisotopic (exact) mass is 263 g/mol. The Kier molecular flexibility index (Phi) is 3.74. The fourth-order valence-corrected chi connectivity index (χ4v) is 1.93. The lowest BCUT2D eigenvalue weighted by Gasteiger charge is -2.23. The van der Waals surface area contributed by atoms with E-state index >= 15 is 0 Å². The largest absolute Gasteiger partial charge is 0.454 e. The topological polar surface area (TPSA) is 55.8 Å². The van der Waals surface area contributed by atoms with Crippen LogP contribution in [0.25, 0.3) is 0 Å². The van der Waals surface area contributed by atoms with E-state index in [2.05, 4.69) is 0 Å². The number of ketones is 1. The van der Waals surface area contributed by atoms with Crippen molar-refractivity contribution in [2.24, 2.45) is 0 Å². The summed E-state index contributed by atoms with van der Waals surface area (Å²) < 4.78 is 10.4. The number of carbonyl (C=O) groups excluding carboxylic acids is 2. The van der Waals surface area contributed by atoms with Crippen molar-refractivity contribution in [1.29, 1.82) is 0 Å². The van der Waals surface area contributed by atoms with E-state index in [9.17, 15) is 9.59 Å². The SMILES string of the molecule is CCC(=O)N(C)[C@@H](C)C(=O)c1ccc2c(c1)OCO2. The molecule has 0 saturated carbocycles. The maximum absolute atomic E-state index is 12.3. The van der Waals surface area contributed by atoms with Gasteiger partial charge in [-0.2, -0.15) is 0 Å². The molecule has 2 rings (SSSR count). The van der Waals surface area contributed by atoms with Crippen LogP contribution in [0.2, 0.25) is 0 Å². The second-order valence-corrected chi connectivity index (χ2v) is 4.47. The summed E-state index contributed by atoms with van der Waals surface area (Å²) in [5.74, 6) is 1.05. The summed E-state index contributed by atoms with van der Waals surface area (Å²) in [5.41, 5.74) is 0.521. The van der Waals surface area contributed by atoms with Crippen molar-refractivity contribution >= 4 is 11.7 Å². The van der Waals surface area contributed by atoms with Crippen LogP contribution in [0, 0.1) is 0 Å². The molecule has 0 aliphatic carbocycles. The minimum Gasteiger partial charge on any atom is -0.454 e. The van der Waals surface area contributed by atoms with E-state index in [0.717, 1.165) is 0 Å². The third kappa shape index (κ3) is 2.54. The zero-order valence-corrected chi connectivity index (χ0v) is 11.3. The zero-order valence-electron chi connectivity index (χ0n) is 11.3. The number of nitrogens with zero attached hydrogens (tertiary/aromatic N) is 1. The van der Waals surface area contributed by atoms with Crippen LogP contribution in [-0.2, 0) is 4.79 Å². The van der Waals surface area contributed by atoms with Crippen molar-refractivity contribution in [3.05, 3.63) is 23.8 Å². The molecule has 0 aromatic heterocycles. The molecule has 1 aromatic rings. The molecule has 0 radical (unpaired) electrons. The Balaban J connectivity index is 2.17. The predicted octanol–water partition coefficient (Wildman–Crippen LogP) is 1.85. The van der Waals surface area contributed by atoms with E-state index in [4.69, 9.17) is 9.47 Å². The Morgan fingerprint density at radius 2 is 2.00 bits per heavy atom. The molecule has 0 spiro atoms. The molecule has 1 aliphatic rings. The van der Waals surface area contributed by atoms with Gasteiger partial charge in [-0.05, 0) is 25.1 Å². The van der Waals surface area contributed by atoms with Crippen molar-refractivity contribution in [3.8, 4) is 11.5 Å². The summed E-state index contributed by atoms with van der Waals surface area (Å²) in [6, 6.07) is 4.57. The second kappa shape index (κ2) is 5.30. The molecular weight excluding hydrogens is 246 g/mol. The standard InChI is InChI=1S/C14H17NO4/c1-4-13(16)15(3)9(2)14(17)10-5-6-11-12(7-10)19-8-18-11/h5-7,9H,4,8H2,1-3H3/t9-/m0/s1. The number of Topliss-reactive ketones (excluding diaryl/α,β-unsaturated/α-hetero) is 1. The molecule has 0 saturated heterocycles. The number of hydrogen-bond donors (Lipinski definition) is 0. The number of ether oxygens (including phenoxy) is 2. The lowest BCUT2D eigenvalue weighted by atomic mass is 10.0. The maximum Gasteiger partial charge on any atom is 0.231 e. The molecule has 1 aliphatic heterocycles. The quantitative estimate of drug-likeness (QED) is 0.778. The van der Waals surface area contributed by atoms with Gasteiger partial charge in [0.15, 0.2) is 17.3 Å². The number of amides is 1. The van der Waals surface area contributed by atoms with Crippen molar-refractivity contribution in [2.45, 2.75) is 26.3 Å². The molecule has 102 valence electrons. The van der Waals surface area contributed by atoms with Gasteiger partial charge in [0, 0.05) is 19.0 Å². The molecule has 0 unspecified atom stereocenters. The fraction of sp³-hybridized carbons (Fsp3) is 0.429. The van der Waals surface area contributed by atoms with Gasteiger partial charge >= 0.3 is 0 Å². The highest BCUT2D eigenvalue weighted by molar-refractivity contribution is 6.02. The molecule has 19 heavy (non-hydrogen) atoms. The van der Waals surface area contributed by atoms with E-state index < -0.39 is 6.04 Å². The highest BCUT2D eigenvalue weighted by Crippen LogP contribution is 2.32. The Morgan fingerprint density at radius 1 is 1.32 bits per heavy atom. The Bertz CT molecular complexity index is 512. The van der Waals surface area contributed by atoms with Crippen LogP contribution in [0.1, 0.15) is 30.6 Å². The van der Waals surface area contributed by atoms with Gasteiger partial charge in [0.05, 0.1) is 6.04 Å². The Labute approximate surface area is 112 Å². The third-order valence-electron chi connectivity index (χ3n) is 3.31. The molecule has 1 amide bonds. The van der Waals surface area contributed by atoms with Gasteiger partial charge in [0.25, 0.3) is 0 Å². The Morgan fingerprint density at radius 3 is 2.68 bits per heavy atom. The minimum atomic E-state index is -0.493. The van der Waals surface area contributed by atoms with E-state index in [-0.39, 0.29) is 18.5 Å². The summed E-state index contributed by atoms with van der Waals surface area (Å²) in [7, 11) is 1.64. The van der Waals surface area contributed by atoms with Crippen LogP contribution >= 0.6 is 0 Å². The second-order valence-electron chi connectivity index (χ2n) is 4.47. The maximum atomic E-state index is 12.3. The average Bonchev–Trinajstić information content (AvgIpc) is 2.91. The molecule has 1 aromatic carbocycles. The van der Waals surface area contributed by atoms with Crippen molar-refractivity contribution in [1.82, 2.24) is 4.90 Å². The van der Waals surface area contributed by atoms with E-state index in [1.807, 2.05) is 0 Å². The smallest absolute Gasteiger partial charge is 0.231 e. The van der Waals surface area contributed by atoms with E-state index in [0.29, 0.717) is 23.5 Å². The van der Waals surface area contributed by atoms with Gasteiger partial charge < -0.3 is 14.4 Å². The highest BCUT2D eigenvalue weighted by atomic mass is 16.7. The van der Waals surface area contributed by atoms with Gasteiger partial charge in [-0.3, -0.25) is 9.59 Å². The van der Waals surface area contributed by atoms with E-state index in [1.54, 1.807) is 39.1 Å². The third-order valence-corrected chi connectivity index (χ3v) is 3.31. The van der Waals surface area contributed by atoms with E-state index in [1.165, 1.54) is 4.90 Å². The van der Waals surface area contributed by atoms with Gasteiger partial charge in [0.2, 0.25) is 12.7 Å². The Hall–Kier alpha value is -2.04. The predicted molar refractivity (Wildman–Crippen MR) is 69.4 cm³/mol. The molecule has 5 heteroatoms. The number of likely N-dealkylation sites (N-methyl/N-ethyl adjacent to an activating group) is 1. The summed E-state index contributed by atoms with van der Waals surface area (Å²) in [6.07, 6.45) is 0.384. The van der Waals surface area contributed by atoms with Gasteiger partial charge in [-0.1, -0.05) is 6.92 Å². The molecule has 0 bridgehead atoms. The van der Waals surface area contributed by atoms with Crippen LogP contribution < -0.4 is 9.47 Å². The fourth-order valence-electron chi connectivity index (χ4n) is 1.93.